The normalized spacial score (nSPS) is 11.6. The highest BCUT2D eigenvalue weighted by atomic mass is 32.2. The molecule has 0 radical (unpaired) electrons. The van der Waals surface area contributed by atoms with E-state index in [0.717, 1.165) is 5.56 Å². The largest absolute Gasteiger partial charge is 0.310 e. The quantitative estimate of drug-likeness (QED) is 0.850. The first-order chi connectivity index (χ1) is 9.97. The lowest BCUT2D eigenvalue weighted by atomic mass is 10.2. The van der Waals surface area contributed by atoms with E-state index >= 15 is 0 Å². The van der Waals surface area contributed by atoms with Crippen LogP contribution in [0.3, 0.4) is 0 Å². The van der Waals surface area contributed by atoms with Crippen molar-refractivity contribution in [2.24, 2.45) is 0 Å². The van der Waals surface area contributed by atoms with Gasteiger partial charge in [0.2, 0.25) is 0 Å². The molecule has 0 saturated heterocycles. The van der Waals surface area contributed by atoms with Gasteiger partial charge in [-0.15, -0.1) is 0 Å². The molecule has 0 unspecified atom stereocenters. The van der Waals surface area contributed by atoms with Gasteiger partial charge in [0.05, 0.1) is 23.0 Å². The highest BCUT2D eigenvalue weighted by Crippen LogP contribution is 2.15. The second-order valence-electron chi connectivity index (χ2n) is 4.91. The Kier molecular flexibility index (Phi) is 4.87. The van der Waals surface area contributed by atoms with Gasteiger partial charge >= 0.3 is 0 Å². The number of nitrogens with one attached hydrogen (secondary N) is 2. The van der Waals surface area contributed by atoms with Crippen LogP contribution in [0, 0.1) is 0 Å². The van der Waals surface area contributed by atoms with Crippen molar-refractivity contribution in [3.05, 3.63) is 48.5 Å². The van der Waals surface area contributed by atoms with Crippen molar-refractivity contribution in [1.82, 2.24) is 15.3 Å². The Morgan fingerprint density at radius 1 is 1.10 bits per heavy atom. The zero-order valence-corrected chi connectivity index (χ0v) is 12.8. The molecule has 0 aliphatic carbocycles. The molecule has 7 heteroatoms. The standard InChI is InChI=1S/C14H18N4O2S/c1-11(2)17-7-12-3-5-14(6-4-12)21(19,20)18-13-8-15-10-16-9-13/h3-6,8-11,17-18H,7H2,1-2H3. The second-order valence-corrected chi connectivity index (χ2v) is 6.59. The summed E-state index contributed by atoms with van der Waals surface area (Å²) in [5, 5.41) is 3.28. The number of anilines is 1. The van der Waals surface area contributed by atoms with Crippen LogP contribution >= 0.6 is 0 Å². The summed E-state index contributed by atoms with van der Waals surface area (Å²) in [5.74, 6) is 0. The van der Waals surface area contributed by atoms with Gasteiger partial charge in [-0.2, -0.15) is 0 Å². The molecule has 0 atom stereocenters. The highest BCUT2D eigenvalue weighted by molar-refractivity contribution is 7.92. The smallest absolute Gasteiger partial charge is 0.261 e. The molecule has 21 heavy (non-hydrogen) atoms. The van der Waals surface area contributed by atoms with Crippen LogP contribution in [0.4, 0.5) is 5.69 Å². The molecule has 0 fully saturated rings. The topological polar surface area (TPSA) is 84.0 Å². The van der Waals surface area contributed by atoms with Crippen molar-refractivity contribution in [3.8, 4) is 0 Å². The number of aromatic nitrogens is 2. The van der Waals surface area contributed by atoms with Crippen LogP contribution in [0.2, 0.25) is 0 Å². The van der Waals surface area contributed by atoms with E-state index in [0.29, 0.717) is 18.3 Å². The monoisotopic (exact) mass is 306 g/mol. The van der Waals surface area contributed by atoms with E-state index in [1.807, 2.05) is 0 Å². The van der Waals surface area contributed by atoms with Crippen LogP contribution in [0.15, 0.2) is 47.9 Å². The molecule has 6 nitrogen and oxygen atoms in total. The Morgan fingerprint density at radius 3 is 2.29 bits per heavy atom. The first kappa shape index (κ1) is 15.4. The third kappa shape index (κ3) is 4.51. The minimum atomic E-state index is -3.61. The first-order valence-electron chi connectivity index (χ1n) is 6.57. The number of hydrogen-bond donors (Lipinski definition) is 2. The minimum absolute atomic E-state index is 0.208. The van der Waals surface area contributed by atoms with Crippen molar-refractivity contribution in [2.75, 3.05) is 4.72 Å². The summed E-state index contributed by atoms with van der Waals surface area (Å²) in [6, 6.07) is 7.15. The van der Waals surface area contributed by atoms with Gasteiger partial charge in [-0.1, -0.05) is 26.0 Å². The predicted molar refractivity (Wildman–Crippen MR) is 81.3 cm³/mol. The lowest BCUT2D eigenvalue weighted by Crippen LogP contribution is -2.21. The molecule has 0 aliphatic heterocycles. The van der Waals surface area contributed by atoms with Crippen molar-refractivity contribution < 1.29 is 8.42 Å². The van der Waals surface area contributed by atoms with Crippen LogP contribution in [0.1, 0.15) is 19.4 Å². The van der Waals surface area contributed by atoms with Crippen molar-refractivity contribution in [1.29, 1.82) is 0 Å². The molecule has 1 aromatic heterocycles. The summed E-state index contributed by atoms with van der Waals surface area (Å²) in [6.07, 6.45) is 4.16. The molecule has 0 spiro atoms. The average molecular weight is 306 g/mol. The number of sulfonamides is 1. The van der Waals surface area contributed by atoms with Crippen molar-refractivity contribution in [2.45, 2.75) is 31.3 Å². The molecule has 112 valence electrons. The number of benzene rings is 1. The van der Waals surface area contributed by atoms with Gasteiger partial charge in [0.25, 0.3) is 10.0 Å². The third-order valence-electron chi connectivity index (χ3n) is 2.76. The molecule has 0 amide bonds. The number of rotatable bonds is 6. The van der Waals surface area contributed by atoms with Gasteiger partial charge in [0, 0.05) is 12.6 Å². The van der Waals surface area contributed by atoms with Gasteiger partial charge in [-0.05, 0) is 17.7 Å². The zero-order chi connectivity index (χ0) is 15.3. The molecular weight excluding hydrogens is 288 g/mol. The molecule has 2 rings (SSSR count). The van der Waals surface area contributed by atoms with Gasteiger partial charge in [0.1, 0.15) is 6.33 Å². The van der Waals surface area contributed by atoms with Crippen LogP contribution < -0.4 is 10.0 Å². The van der Waals surface area contributed by atoms with Gasteiger partial charge in [0.15, 0.2) is 0 Å². The minimum Gasteiger partial charge on any atom is -0.310 e. The van der Waals surface area contributed by atoms with Gasteiger partial charge in [-0.3, -0.25) is 4.72 Å². The fourth-order valence-electron chi connectivity index (χ4n) is 1.67. The number of hydrogen-bond acceptors (Lipinski definition) is 5. The van der Waals surface area contributed by atoms with Crippen LogP contribution in [0.5, 0.6) is 0 Å². The van der Waals surface area contributed by atoms with E-state index in [2.05, 4.69) is 33.9 Å². The first-order valence-corrected chi connectivity index (χ1v) is 8.06. The predicted octanol–water partition coefficient (Wildman–Crippen LogP) is 1.78. The summed E-state index contributed by atoms with van der Waals surface area (Å²) in [4.78, 5) is 7.75. The fraction of sp³-hybridized carbons (Fsp3) is 0.286. The fourth-order valence-corrected chi connectivity index (χ4v) is 2.70. The van der Waals surface area contributed by atoms with Gasteiger partial charge < -0.3 is 5.32 Å². The van der Waals surface area contributed by atoms with Crippen LogP contribution in [0.25, 0.3) is 0 Å². The van der Waals surface area contributed by atoms with E-state index in [9.17, 15) is 8.42 Å². The summed E-state index contributed by atoms with van der Waals surface area (Å²) in [6.45, 7) is 4.83. The van der Waals surface area contributed by atoms with Gasteiger partial charge in [-0.25, -0.2) is 18.4 Å². The Hall–Kier alpha value is -1.99. The summed E-state index contributed by atoms with van der Waals surface area (Å²) >= 11 is 0. The zero-order valence-electron chi connectivity index (χ0n) is 11.9. The van der Waals surface area contributed by atoms with E-state index in [1.54, 1.807) is 24.3 Å². The maximum Gasteiger partial charge on any atom is 0.261 e. The summed E-state index contributed by atoms with van der Waals surface area (Å²) in [5.41, 5.74) is 1.37. The number of nitrogens with zero attached hydrogens (tertiary/aromatic N) is 2. The second kappa shape index (κ2) is 6.64. The molecule has 1 aromatic carbocycles. The molecule has 0 saturated carbocycles. The Balaban J connectivity index is 2.10. The van der Waals surface area contributed by atoms with E-state index in [4.69, 9.17) is 0 Å². The Bertz CT molecular complexity index is 670. The maximum absolute atomic E-state index is 12.2. The third-order valence-corrected chi connectivity index (χ3v) is 4.16. The van der Waals surface area contributed by atoms with Crippen LogP contribution in [-0.4, -0.2) is 24.4 Å². The van der Waals surface area contributed by atoms with E-state index in [1.165, 1.54) is 18.7 Å². The molecule has 0 bridgehead atoms. The summed E-state index contributed by atoms with van der Waals surface area (Å²) in [7, 11) is -3.61. The van der Waals surface area contributed by atoms with Crippen molar-refractivity contribution in [3.63, 3.8) is 0 Å². The molecule has 0 aliphatic rings. The van der Waals surface area contributed by atoms with Crippen LogP contribution in [-0.2, 0) is 16.6 Å². The van der Waals surface area contributed by atoms with E-state index in [-0.39, 0.29) is 4.90 Å². The lowest BCUT2D eigenvalue weighted by molar-refractivity contribution is 0.588. The molecule has 2 aromatic rings. The lowest BCUT2D eigenvalue weighted by Gasteiger charge is -2.10. The molecule has 1 heterocycles. The Labute approximate surface area is 124 Å². The summed E-state index contributed by atoms with van der Waals surface area (Å²) < 4.78 is 26.8. The average Bonchev–Trinajstić information content (AvgIpc) is 2.46. The van der Waals surface area contributed by atoms with Crippen molar-refractivity contribution >= 4 is 15.7 Å². The van der Waals surface area contributed by atoms with E-state index < -0.39 is 10.0 Å². The molecule has 2 N–H and O–H groups in total. The maximum atomic E-state index is 12.2. The Morgan fingerprint density at radius 2 is 1.71 bits per heavy atom. The highest BCUT2D eigenvalue weighted by Gasteiger charge is 2.14. The molecular formula is C14H18N4O2S. The SMILES string of the molecule is CC(C)NCc1ccc(S(=O)(=O)Nc2cncnc2)cc1.